The van der Waals surface area contributed by atoms with Gasteiger partial charge in [-0.3, -0.25) is 14.6 Å². The number of esters is 1. The lowest BCUT2D eigenvalue weighted by Crippen LogP contribution is -2.38. The minimum absolute atomic E-state index is 0. The van der Waals surface area contributed by atoms with Crippen molar-refractivity contribution in [2.24, 2.45) is 5.92 Å². The fourth-order valence-electron chi connectivity index (χ4n) is 4.38. The molecule has 0 aliphatic carbocycles. The number of fused-ring (bicyclic) bond motifs is 1. The van der Waals surface area contributed by atoms with Crippen LogP contribution in [-0.4, -0.2) is 43.0 Å². The van der Waals surface area contributed by atoms with Gasteiger partial charge in [0, 0.05) is 30.2 Å². The van der Waals surface area contributed by atoms with Crippen LogP contribution in [0.5, 0.6) is 5.75 Å². The summed E-state index contributed by atoms with van der Waals surface area (Å²) in [5.41, 5.74) is 3.96. The quantitative estimate of drug-likeness (QED) is 0.333. The van der Waals surface area contributed by atoms with Crippen molar-refractivity contribution in [3.63, 3.8) is 0 Å². The summed E-state index contributed by atoms with van der Waals surface area (Å²) in [6.07, 6.45) is 3.05. The van der Waals surface area contributed by atoms with Crippen LogP contribution in [0.1, 0.15) is 48.2 Å². The standard InChI is InChI=1S/C27H30N2O4.ClH/c1-4-32-21-10-11-24-22(16-21)25(29-14-12-20(13-15-29)27(31)33-5-2)23(17-28-24)26(30)19-8-6-18(3)7-9-19;/h6-11,16-17,20H,4-5,12-15H2,1-3H3;1H. The third-order valence-electron chi connectivity index (χ3n) is 6.11. The molecule has 0 N–H and O–H groups in total. The van der Waals surface area contributed by atoms with Gasteiger partial charge in [-0.05, 0) is 51.8 Å². The molecule has 4 rings (SSSR count). The molecular weight excluding hydrogens is 452 g/mol. The Hall–Kier alpha value is -3.12. The maximum Gasteiger partial charge on any atom is 0.309 e. The average molecular weight is 483 g/mol. The third-order valence-corrected chi connectivity index (χ3v) is 6.11. The molecule has 0 atom stereocenters. The Balaban J connectivity index is 0.00000324. The van der Waals surface area contributed by atoms with Crippen molar-refractivity contribution in [1.82, 2.24) is 4.98 Å². The number of carbonyl (C=O) groups is 2. The molecule has 0 amide bonds. The van der Waals surface area contributed by atoms with Crippen LogP contribution in [0.25, 0.3) is 10.9 Å². The van der Waals surface area contributed by atoms with Crippen LogP contribution >= 0.6 is 12.4 Å². The first kappa shape index (κ1) is 25.5. The SMILES string of the molecule is CCOC(=O)C1CCN(c2c(C(=O)c3ccc(C)cc3)cnc3ccc(OCC)cc23)CC1.Cl. The van der Waals surface area contributed by atoms with E-state index in [2.05, 4.69) is 9.88 Å². The molecular formula is C27H31ClN2O4. The van der Waals surface area contributed by atoms with Crippen LogP contribution in [0.3, 0.4) is 0 Å². The van der Waals surface area contributed by atoms with Gasteiger partial charge in [-0.25, -0.2) is 0 Å². The highest BCUT2D eigenvalue weighted by Gasteiger charge is 2.29. The number of rotatable bonds is 7. The molecule has 1 aliphatic rings. The third kappa shape index (κ3) is 5.33. The molecule has 180 valence electrons. The van der Waals surface area contributed by atoms with Gasteiger partial charge in [0.05, 0.1) is 35.9 Å². The summed E-state index contributed by atoms with van der Waals surface area (Å²) in [7, 11) is 0. The van der Waals surface area contributed by atoms with E-state index in [-0.39, 0.29) is 30.1 Å². The van der Waals surface area contributed by atoms with E-state index in [1.165, 1.54) is 0 Å². The van der Waals surface area contributed by atoms with Gasteiger partial charge in [-0.15, -0.1) is 12.4 Å². The van der Waals surface area contributed by atoms with Crippen LogP contribution in [-0.2, 0) is 9.53 Å². The highest BCUT2D eigenvalue weighted by molar-refractivity contribution is 6.16. The zero-order chi connectivity index (χ0) is 23.4. The summed E-state index contributed by atoms with van der Waals surface area (Å²) in [6.45, 7) is 8.05. The molecule has 2 heterocycles. The van der Waals surface area contributed by atoms with Crippen molar-refractivity contribution >= 4 is 40.7 Å². The molecule has 0 radical (unpaired) electrons. The molecule has 0 unspecified atom stereocenters. The van der Waals surface area contributed by atoms with Gasteiger partial charge in [0.1, 0.15) is 5.75 Å². The number of halogens is 1. The van der Waals surface area contributed by atoms with Crippen molar-refractivity contribution in [1.29, 1.82) is 0 Å². The molecule has 6 nitrogen and oxygen atoms in total. The van der Waals surface area contributed by atoms with Gasteiger partial charge < -0.3 is 14.4 Å². The Morgan fingerprint density at radius 1 is 1.03 bits per heavy atom. The van der Waals surface area contributed by atoms with Crippen molar-refractivity contribution < 1.29 is 19.1 Å². The fourth-order valence-corrected chi connectivity index (χ4v) is 4.38. The number of hydrogen-bond acceptors (Lipinski definition) is 6. The molecule has 0 bridgehead atoms. The van der Waals surface area contributed by atoms with Crippen LogP contribution < -0.4 is 9.64 Å². The number of aromatic nitrogens is 1. The van der Waals surface area contributed by atoms with Crippen molar-refractivity contribution in [3.05, 3.63) is 65.4 Å². The van der Waals surface area contributed by atoms with E-state index in [1.54, 1.807) is 6.20 Å². The summed E-state index contributed by atoms with van der Waals surface area (Å²) < 4.78 is 11.0. The zero-order valence-electron chi connectivity index (χ0n) is 19.9. The Kier molecular flexibility index (Phi) is 8.51. The second kappa shape index (κ2) is 11.3. The Bertz CT molecular complexity index is 1160. The van der Waals surface area contributed by atoms with Gasteiger partial charge in [0.25, 0.3) is 0 Å². The molecule has 2 aromatic carbocycles. The van der Waals surface area contributed by atoms with Crippen LogP contribution in [0.2, 0.25) is 0 Å². The van der Waals surface area contributed by atoms with Gasteiger partial charge in [-0.2, -0.15) is 0 Å². The van der Waals surface area contributed by atoms with Crippen molar-refractivity contribution in [2.75, 3.05) is 31.2 Å². The second-order valence-corrected chi connectivity index (χ2v) is 8.34. The smallest absolute Gasteiger partial charge is 0.309 e. The van der Waals surface area contributed by atoms with Crippen LogP contribution in [0.4, 0.5) is 5.69 Å². The number of anilines is 1. The maximum atomic E-state index is 13.6. The van der Waals surface area contributed by atoms with E-state index in [0.29, 0.717) is 50.3 Å². The lowest BCUT2D eigenvalue weighted by atomic mass is 9.94. The molecule has 1 saturated heterocycles. The first-order valence-electron chi connectivity index (χ1n) is 11.6. The topological polar surface area (TPSA) is 68.7 Å². The molecule has 3 aromatic rings. The van der Waals surface area contributed by atoms with Crippen molar-refractivity contribution in [3.8, 4) is 5.75 Å². The normalized spacial score (nSPS) is 13.9. The number of piperidine rings is 1. The first-order valence-corrected chi connectivity index (χ1v) is 11.6. The molecule has 1 aromatic heterocycles. The second-order valence-electron chi connectivity index (χ2n) is 8.34. The van der Waals surface area contributed by atoms with Gasteiger partial charge in [0.15, 0.2) is 5.78 Å². The average Bonchev–Trinajstić information content (AvgIpc) is 2.84. The number of ketones is 1. The van der Waals surface area contributed by atoms with E-state index < -0.39 is 0 Å². The highest BCUT2D eigenvalue weighted by atomic mass is 35.5. The predicted molar refractivity (Wildman–Crippen MR) is 136 cm³/mol. The largest absolute Gasteiger partial charge is 0.494 e. The van der Waals surface area contributed by atoms with Crippen LogP contribution in [0.15, 0.2) is 48.7 Å². The van der Waals surface area contributed by atoms with E-state index in [4.69, 9.17) is 9.47 Å². The Morgan fingerprint density at radius 2 is 1.74 bits per heavy atom. The number of nitrogens with zero attached hydrogens (tertiary/aromatic N) is 2. The van der Waals surface area contributed by atoms with Gasteiger partial charge in [-0.1, -0.05) is 29.8 Å². The number of aryl methyl sites for hydroxylation is 1. The summed E-state index contributed by atoms with van der Waals surface area (Å²) >= 11 is 0. The number of benzene rings is 2. The molecule has 1 aliphatic heterocycles. The lowest BCUT2D eigenvalue weighted by Gasteiger charge is -2.34. The van der Waals surface area contributed by atoms with E-state index in [0.717, 1.165) is 27.9 Å². The number of ether oxygens (including phenoxy) is 2. The molecule has 1 fully saturated rings. The van der Waals surface area contributed by atoms with E-state index in [9.17, 15) is 9.59 Å². The molecule has 34 heavy (non-hydrogen) atoms. The number of hydrogen-bond donors (Lipinski definition) is 0. The van der Waals surface area contributed by atoms with E-state index >= 15 is 0 Å². The zero-order valence-corrected chi connectivity index (χ0v) is 20.7. The monoisotopic (exact) mass is 482 g/mol. The van der Waals surface area contributed by atoms with Gasteiger partial charge in [0.2, 0.25) is 0 Å². The maximum absolute atomic E-state index is 13.6. The predicted octanol–water partition coefficient (Wildman–Crippen LogP) is 5.37. The highest BCUT2D eigenvalue weighted by Crippen LogP contribution is 2.36. The Labute approximate surface area is 206 Å². The molecule has 0 spiro atoms. The fraction of sp³-hybridized carbons (Fsp3) is 0.370. The first-order chi connectivity index (χ1) is 16.0. The lowest BCUT2D eigenvalue weighted by molar-refractivity contribution is -0.148. The molecule has 7 heteroatoms. The summed E-state index contributed by atoms with van der Waals surface area (Å²) in [6, 6.07) is 13.4. The van der Waals surface area contributed by atoms with Gasteiger partial charge >= 0.3 is 5.97 Å². The summed E-state index contributed by atoms with van der Waals surface area (Å²) in [5, 5.41) is 0.883. The summed E-state index contributed by atoms with van der Waals surface area (Å²) in [5.74, 6) is 0.444. The summed E-state index contributed by atoms with van der Waals surface area (Å²) in [4.78, 5) is 32.6. The minimum Gasteiger partial charge on any atom is -0.494 e. The number of carbonyl (C=O) groups excluding carboxylic acids is 2. The van der Waals surface area contributed by atoms with Crippen molar-refractivity contribution in [2.45, 2.75) is 33.6 Å². The minimum atomic E-state index is -0.133. The molecule has 0 saturated carbocycles. The Morgan fingerprint density at radius 3 is 2.38 bits per heavy atom. The van der Waals surface area contributed by atoms with E-state index in [1.807, 2.05) is 63.2 Å². The number of pyridine rings is 1. The van der Waals surface area contributed by atoms with Crippen LogP contribution in [0, 0.1) is 12.8 Å².